The van der Waals surface area contributed by atoms with Crippen LogP contribution in [0, 0.1) is 0 Å². The first-order valence-corrected chi connectivity index (χ1v) is 16.7. The molecule has 0 saturated heterocycles. The Hall–Kier alpha value is -5.11. The third-order valence-electron chi connectivity index (χ3n) is 7.04. The standard InChI is InChI=1S/C34H37N5O8S/c1-19(2)48(43,44)23-12-9-20(10-13-23)26-18-35-29(39(31(41)45-33(3,4)5)32(42)46-34(6,7)8)28(37-26)27-16-25(38-47-27)21-11-14-24-22(15-21)17-36-30(24)40/h9-16,18-19H,17H2,1-8H3,(H,36,40). The zero-order valence-electron chi connectivity index (χ0n) is 27.9. The molecule has 2 aromatic heterocycles. The minimum absolute atomic E-state index is 0.0418. The Bertz CT molecular complexity index is 1980. The van der Waals surface area contributed by atoms with Gasteiger partial charge in [-0.1, -0.05) is 23.4 Å². The molecule has 252 valence electrons. The second-order valence-corrected chi connectivity index (χ2v) is 16.0. The van der Waals surface area contributed by atoms with Gasteiger partial charge in [-0.25, -0.2) is 28.0 Å². The van der Waals surface area contributed by atoms with Crippen LogP contribution in [0.2, 0.25) is 0 Å². The van der Waals surface area contributed by atoms with E-state index in [-0.39, 0.29) is 33.8 Å². The van der Waals surface area contributed by atoms with Crippen LogP contribution in [0.3, 0.4) is 0 Å². The number of rotatable bonds is 6. The Morgan fingerprint density at radius 3 is 2.08 bits per heavy atom. The van der Waals surface area contributed by atoms with Gasteiger partial charge in [-0.05, 0) is 85.2 Å². The number of nitrogens with zero attached hydrogens (tertiary/aromatic N) is 4. The first-order valence-electron chi connectivity index (χ1n) is 15.2. The minimum atomic E-state index is -3.52. The molecule has 1 N–H and O–H groups in total. The van der Waals surface area contributed by atoms with E-state index in [9.17, 15) is 22.8 Å². The summed E-state index contributed by atoms with van der Waals surface area (Å²) in [4.78, 5) is 49.2. The minimum Gasteiger partial charge on any atom is -0.443 e. The van der Waals surface area contributed by atoms with E-state index in [2.05, 4.69) is 15.5 Å². The number of fused-ring (bicyclic) bond motifs is 1. The zero-order valence-corrected chi connectivity index (χ0v) is 28.8. The maximum atomic E-state index is 13.6. The Balaban J connectivity index is 1.65. The van der Waals surface area contributed by atoms with Crippen molar-refractivity contribution < 1.29 is 36.8 Å². The first kappa shape index (κ1) is 34.2. The molecule has 13 nitrogen and oxygen atoms in total. The van der Waals surface area contributed by atoms with Crippen LogP contribution in [0.25, 0.3) is 34.0 Å². The van der Waals surface area contributed by atoms with Gasteiger partial charge < -0.3 is 19.3 Å². The number of amides is 3. The summed E-state index contributed by atoms with van der Waals surface area (Å²) in [5.41, 5.74) is 1.22. The van der Waals surface area contributed by atoms with Crippen molar-refractivity contribution in [3.05, 3.63) is 65.9 Å². The molecule has 0 atom stereocenters. The number of nitrogens with one attached hydrogen (secondary N) is 1. The highest BCUT2D eigenvalue weighted by Gasteiger charge is 2.37. The Labute approximate surface area is 278 Å². The fourth-order valence-corrected chi connectivity index (χ4v) is 5.78. The van der Waals surface area contributed by atoms with Crippen molar-refractivity contribution in [2.45, 2.75) is 83.3 Å². The van der Waals surface area contributed by atoms with Gasteiger partial charge in [0.25, 0.3) is 5.91 Å². The Morgan fingerprint density at radius 2 is 1.50 bits per heavy atom. The lowest BCUT2D eigenvalue weighted by Crippen LogP contribution is -2.44. The molecule has 0 radical (unpaired) electrons. The molecule has 0 bridgehead atoms. The number of hydrogen-bond acceptors (Lipinski definition) is 11. The van der Waals surface area contributed by atoms with Crippen LogP contribution in [0.4, 0.5) is 15.4 Å². The Morgan fingerprint density at radius 1 is 0.896 bits per heavy atom. The summed E-state index contributed by atoms with van der Waals surface area (Å²) in [5.74, 6) is -0.346. The molecule has 14 heteroatoms. The average molecular weight is 676 g/mol. The lowest BCUT2D eigenvalue weighted by Gasteiger charge is -2.28. The molecule has 0 fully saturated rings. The van der Waals surface area contributed by atoms with E-state index >= 15 is 0 Å². The molecule has 48 heavy (non-hydrogen) atoms. The number of carbonyl (C=O) groups excluding carboxylic acids is 3. The lowest BCUT2D eigenvalue weighted by atomic mass is 10.0. The van der Waals surface area contributed by atoms with Crippen molar-refractivity contribution in [1.82, 2.24) is 20.4 Å². The van der Waals surface area contributed by atoms with E-state index in [1.807, 2.05) is 6.07 Å². The second kappa shape index (κ2) is 12.5. The van der Waals surface area contributed by atoms with Crippen LogP contribution >= 0.6 is 0 Å². The van der Waals surface area contributed by atoms with E-state index in [0.29, 0.717) is 33.8 Å². The van der Waals surface area contributed by atoms with E-state index < -0.39 is 38.5 Å². The molecule has 4 aromatic rings. The largest absolute Gasteiger partial charge is 0.443 e. The highest BCUT2D eigenvalue weighted by Crippen LogP contribution is 2.35. The van der Waals surface area contributed by atoms with Crippen molar-refractivity contribution in [3.8, 4) is 34.0 Å². The molecule has 1 aliphatic rings. The van der Waals surface area contributed by atoms with Crippen molar-refractivity contribution in [2.24, 2.45) is 0 Å². The van der Waals surface area contributed by atoms with Gasteiger partial charge in [0.15, 0.2) is 27.1 Å². The first-order chi connectivity index (χ1) is 22.3. The molecule has 0 aliphatic carbocycles. The molecule has 5 rings (SSSR count). The number of sulfone groups is 1. The normalized spacial score (nSPS) is 13.2. The molecular weight excluding hydrogens is 638 g/mol. The van der Waals surface area contributed by atoms with Gasteiger partial charge in [-0.15, -0.1) is 0 Å². The number of aromatic nitrogens is 3. The second-order valence-electron chi connectivity index (χ2n) is 13.5. The topological polar surface area (TPSA) is 171 Å². The van der Waals surface area contributed by atoms with Gasteiger partial charge in [0, 0.05) is 29.3 Å². The molecular formula is C34H37N5O8S. The summed E-state index contributed by atoms with van der Waals surface area (Å²) < 4.78 is 42.3. The van der Waals surface area contributed by atoms with Crippen LogP contribution in [0.5, 0.6) is 0 Å². The maximum Gasteiger partial charge on any atom is 0.425 e. The van der Waals surface area contributed by atoms with E-state index in [4.69, 9.17) is 19.0 Å². The third-order valence-corrected chi connectivity index (χ3v) is 9.22. The fourth-order valence-electron chi connectivity index (χ4n) is 4.72. The molecule has 0 saturated carbocycles. The smallest absolute Gasteiger partial charge is 0.425 e. The van der Waals surface area contributed by atoms with Crippen molar-refractivity contribution in [1.29, 1.82) is 0 Å². The van der Waals surface area contributed by atoms with Gasteiger partial charge in [0.1, 0.15) is 16.9 Å². The number of ether oxygens (including phenoxy) is 2. The number of benzene rings is 2. The summed E-state index contributed by atoms with van der Waals surface area (Å²) in [6.07, 6.45) is -0.772. The summed E-state index contributed by atoms with van der Waals surface area (Å²) in [6.45, 7) is 13.5. The van der Waals surface area contributed by atoms with Gasteiger partial charge in [0.05, 0.1) is 22.0 Å². The van der Waals surface area contributed by atoms with Crippen LogP contribution in [-0.2, 0) is 25.9 Å². The summed E-state index contributed by atoms with van der Waals surface area (Å²) in [6, 6.07) is 13.0. The predicted octanol–water partition coefficient (Wildman–Crippen LogP) is 6.57. The summed E-state index contributed by atoms with van der Waals surface area (Å²) in [5, 5.41) is 6.38. The number of imide groups is 1. The lowest BCUT2D eigenvalue weighted by molar-refractivity contribution is 0.0428. The highest BCUT2D eigenvalue weighted by atomic mass is 32.2. The van der Waals surface area contributed by atoms with Crippen LogP contribution in [0.15, 0.2) is 64.1 Å². The number of anilines is 1. The van der Waals surface area contributed by atoms with Crippen LogP contribution in [-0.4, -0.2) is 58.1 Å². The Kier molecular flexibility index (Phi) is 8.91. The monoisotopic (exact) mass is 675 g/mol. The molecule has 1 aliphatic heterocycles. The van der Waals surface area contributed by atoms with Crippen molar-refractivity contribution in [3.63, 3.8) is 0 Å². The van der Waals surface area contributed by atoms with Crippen LogP contribution < -0.4 is 10.2 Å². The summed E-state index contributed by atoms with van der Waals surface area (Å²) in [7, 11) is -3.52. The maximum absolute atomic E-state index is 13.6. The fraction of sp³-hybridized carbons (Fsp3) is 0.353. The van der Waals surface area contributed by atoms with Gasteiger partial charge >= 0.3 is 12.2 Å². The molecule has 2 aromatic carbocycles. The average Bonchev–Trinajstić information content (AvgIpc) is 3.62. The van der Waals surface area contributed by atoms with Crippen molar-refractivity contribution in [2.75, 3.05) is 4.90 Å². The quantitative estimate of drug-likeness (QED) is 0.234. The molecule has 0 unspecified atom stereocenters. The number of carbonyl (C=O) groups is 3. The highest BCUT2D eigenvalue weighted by molar-refractivity contribution is 7.92. The van der Waals surface area contributed by atoms with Gasteiger partial charge in [-0.3, -0.25) is 4.79 Å². The zero-order chi connectivity index (χ0) is 35.2. The van der Waals surface area contributed by atoms with Gasteiger partial charge in [0.2, 0.25) is 0 Å². The predicted molar refractivity (Wildman–Crippen MR) is 177 cm³/mol. The van der Waals surface area contributed by atoms with Crippen LogP contribution in [0.1, 0.15) is 71.3 Å². The molecule has 3 heterocycles. The van der Waals surface area contributed by atoms with E-state index in [1.54, 1.807) is 85.7 Å². The van der Waals surface area contributed by atoms with Crippen molar-refractivity contribution >= 4 is 33.7 Å². The van der Waals surface area contributed by atoms with Gasteiger partial charge in [-0.2, -0.15) is 4.90 Å². The molecule has 3 amide bonds. The third kappa shape index (κ3) is 7.23. The number of hydrogen-bond donors (Lipinski definition) is 1. The van der Waals surface area contributed by atoms with E-state index in [0.717, 1.165) is 5.56 Å². The SMILES string of the molecule is CC(C)S(=O)(=O)c1ccc(-c2cnc(N(C(=O)OC(C)(C)C)C(=O)OC(C)(C)C)c(-c3cc(-c4ccc5c(c4)CNC5=O)no3)n2)cc1. The molecule has 0 spiro atoms. The van der Waals surface area contributed by atoms with E-state index in [1.165, 1.54) is 18.3 Å². The summed E-state index contributed by atoms with van der Waals surface area (Å²) >= 11 is 0.